The normalized spacial score (nSPS) is 12.6. The van der Waals surface area contributed by atoms with Crippen molar-refractivity contribution in [3.05, 3.63) is 58.6 Å². The highest BCUT2D eigenvalue weighted by atomic mass is 32.1. The van der Waals surface area contributed by atoms with Crippen LogP contribution in [0.4, 0.5) is 14.5 Å². The lowest BCUT2D eigenvalue weighted by molar-refractivity contribution is 0.593. The lowest BCUT2D eigenvalue weighted by Gasteiger charge is -2.16. The molecule has 0 aliphatic heterocycles. The summed E-state index contributed by atoms with van der Waals surface area (Å²) in [5, 5.41) is 4.98. The molecule has 1 N–H and O–H groups in total. The Morgan fingerprint density at radius 3 is 2.81 bits per heavy atom. The number of aromatic nitrogens is 1. The van der Waals surface area contributed by atoms with E-state index in [1.165, 1.54) is 12.1 Å². The van der Waals surface area contributed by atoms with Crippen LogP contribution in [0.1, 0.15) is 24.1 Å². The Labute approximate surface area is 125 Å². The van der Waals surface area contributed by atoms with Gasteiger partial charge in [-0.15, -0.1) is 11.3 Å². The first kappa shape index (κ1) is 13.9. The Balaban J connectivity index is 1.88. The van der Waals surface area contributed by atoms with Crippen molar-refractivity contribution in [1.29, 1.82) is 0 Å². The highest BCUT2D eigenvalue weighted by Gasteiger charge is 2.12. The number of aryl methyl sites for hydroxylation is 1. The van der Waals surface area contributed by atoms with Gasteiger partial charge in [0, 0.05) is 12.3 Å². The first-order chi connectivity index (χ1) is 10.0. The van der Waals surface area contributed by atoms with Crippen LogP contribution < -0.4 is 5.32 Å². The van der Waals surface area contributed by atoms with Gasteiger partial charge < -0.3 is 5.32 Å². The van der Waals surface area contributed by atoms with Crippen molar-refractivity contribution >= 4 is 27.2 Å². The summed E-state index contributed by atoms with van der Waals surface area (Å²) in [4.78, 5) is 4.36. The average molecular weight is 304 g/mol. The van der Waals surface area contributed by atoms with E-state index in [4.69, 9.17) is 0 Å². The highest BCUT2D eigenvalue weighted by molar-refractivity contribution is 7.17. The molecule has 0 spiro atoms. The quantitative estimate of drug-likeness (QED) is 0.732. The number of hydrogen-bond acceptors (Lipinski definition) is 3. The number of benzene rings is 1. The van der Waals surface area contributed by atoms with E-state index in [1.807, 2.05) is 24.4 Å². The third-order valence-electron chi connectivity index (χ3n) is 3.44. The molecule has 2 heterocycles. The number of nitrogens with zero attached hydrogens (tertiary/aromatic N) is 1. The van der Waals surface area contributed by atoms with Crippen molar-refractivity contribution in [1.82, 2.24) is 4.98 Å². The standard InChI is InChI=1S/C16H14F2N2S/c1-9-5-13(18)15(7-12(9)17)20-10(2)11-6-16-14(19-8-11)3-4-21-16/h3-8,10,20H,1-2H3. The summed E-state index contributed by atoms with van der Waals surface area (Å²) in [7, 11) is 0. The van der Waals surface area contributed by atoms with Crippen molar-refractivity contribution in [3.8, 4) is 0 Å². The van der Waals surface area contributed by atoms with Crippen LogP contribution in [0, 0.1) is 18.6 Å². The summed E-state index contributed by atoms with van der Waals surface area (Å²) in [5.41, 5.74) is 2.35. The van der Waals surface area contributed by atoms with Crippen LogP contribution in [-0.4, -0.2) is 4.98 Å². The molecule has 21 heavy (non-hydrogen) atoms. The summed E-state index contributed by atoms with van der Waals surface area (Å²) >= 11 is 1.61. The van der Waals surface area contributed by atoms with Crippen molar-refractivity contribution in [3.63, 3.8) is 0 Å². The van der Waals surface area contributed by atoms with Gasteiger partial charge in [-0.2, -0.15) is 0 Å². The molecule has 1 aromatic carbocycles. The van der Waals surface area contributed by atoms with Gasteiger partial charge in [0.25, 0.3) is 0 Å². The molecular weight excluding hydrogens is 290 g/mol. The molecule has 0 saturated heterocycles. The number of nitrogens with one attached hydrogen (secondary N) is 1. The van der Waals surface area contributed by atoms with Gasteiger partial charge in [-0.25, -0.2) is 8.78 Å². The number of rotatable bonds is 3. The molecule has 5 heteroatoms. The van der Waals surface area contributed by atoms with E-state index in [1.54, 1.807) is 24.5 Å². The fourth-order valence-electron chi connectivity index (χ4n) is 2.17. The maximum atomic E-state index is 13.9. The van der Waals surface area contributed by atoms with Crippen LogP contribution in [0.2, 0.25) is 0 Å². The Morgan fingerprint density at radius 2 is 2.00 bits per heavy atom. The number of hydrogen-bond donors (Lipinski definition) is 1. The van der Waals surface area contributed by atoms with E-state index < -0.39 is 11.6 Å². The lowest BCUT2D eigenvalue weighted by Crippen LogP contribution is -2.09. The molecule has 3 rings (SSSR count). The minimum absolute atomic E-state index is 0.164. The summed E-state index contributed by atoms with van der Waals surface area (Å²) in [6.07, 6.45) is 1.76. The zero-order valence-corrected chi connectivity index (χ0v) is 12.5. The van der Waals surface area contributed by atoms with Gasteiger partial charge in [0.2, 0.25) is 0 Å². The summed E-state index contributed by atoms with van der Waals surface area (Å²) in [5.74, 6) is -0.871. The maximum Gasteiger partial charge on any atom is 0.146 e. The average Bonchev–Trinajstić information content (AvgIpc) is 2.92. The topological polar surface area (TPSA) is 24.9 Å². The fraction of sp³-hybridized carbons (Fsp3) is 0.188. The zero-order valence-electron chi connectivity index (χ0n) is 11.7. The predicted octanol–water partition coefficient (Wildman–Crippen LogP) is 5.06. The third-order valence-corrected chi connectivity index (χ3v) is 4.30. The molecule has 2 aromatic heterocycles. The number of pyridine rings is 1. The summed E-state index contributed by atoms with van der Waals surface area (Å²) in [6.45, 7) is 3.44. The number of thiophene rings is 1. The van der Waals surface area contributed by atoms with Crippen LogP contribution in [0.15, 0.2) is 35.8 Å². The van der Waals surface area contributed by atoms with Gasteiger partial charge in [-0.05, 0) is 48.6 Å². The molecule has 2 nitrogen and oxygen atoms in total. The third kappa shape index (κ3) is 2.74. The van der Waals surface area contributed by atoms with Crippen molar-refractivity contribution in [2.45, 2.75) is 19.9 Å². The minimum Gasteiger partial charge on any atom is -0.376 e. The fourth-order valence-corrected chi connectivity index (χ4v) is 2.96. The highest BCUT2D eigenvalue weighted by Crippen LogP contribution is 2.27. The Bertz CT molecular complexity index is 798. The second kappa shape index (κ2) is 5.41. The zero-order chi connectivity index (χ0) is 15.0. The van der Waals surface area contributed by atoms with Gasteiger partial charge in [-0.1, -0.05) is 0 Å². The van der Waals surface area contributed by atoms with Crippen LogP contribution >= 0.6 is 11.3 Å². The summed E-state index contributed by atoms with van der Waals surface area (Å²) < 4.78 is 28.5. The van der Waals surface area contributed by atoms with Crippen LogP contribution in [-0.2, 0) is 0 Å². The van der Waals surface area contributed by atoms with E-state index in [0.717, 1.165) is 15.8 Å². The molecular formula is C16H14F2N2S. The van der Waals surface area contributed by atoms with E-state index in [0.29, 0.717) is 5.56 Å². The lowest BCUT2D eigenvalue weighted by atomic mass is 10.1. The molecule has 0 aliphatic rings. The van der Waals surface area contributed by atoms with Gasteiger partial charge in [-0.3, -0.25) is 4.98 Å². The van der Waals surface area contributed by atoms with Gasteiger partial charge in [0.1, 0.15) is 11.6 Å². The Kier molecular flexibility index (Phi) is 3.59. The van der Waals surface area contributed by atoms with E-state index in [9.17, 15) is 8.78 Å². The largest absolute Gasteiger partial charge is 0.376 e. The second-order valence-electron chi connectivity index (χ2n) is 5.02. The first-order valence-corrected chi connectivity index (χ1v) is 7.48. The van der Waals surface area contributed by atoms with E-state index >= 15 is 0 Å². The molecule has 0 fully saturated rings. The first-order valence-electron chi connectivity index (χ1n) is 6.60. The van der Waals surface area contributed by atoms with Crippen LogP contribution in [0.25, 0.3) is 10.2 Å². The number of fused-ring (bicyclic) bond motifs is 1. The predicted molar refractivity (Wildman–Crippen MR) is 82.8 cm³/mol. The van der Waals surface area contributed by atoms with Crippen molar-refractivity contribution in [2.24, 2.45) is 0 Å². The molecule has 0 saturated carbocycles. The van der Waals surface area contributed by atoms with Gasteiger partial charge in [0.05, 0.1) is 21.9 Å². The molecule has 0 radical (unpaired) electrons. The van der Waals surface area contributed by atoms with Gasteiger partial charge >= 0.3 is 0 Å². The molecule has 108 valence electrons. The number of halogens is 2. The molecule has 3 aromatic rings. The molecule has 1 unspecified atom stereocenters. The van der Waals surface area contributed by atoms with Crippen molar-refractivity contribution < 1.29 is 8.78 Å². The molecule has 0 aliphatic carbocycles. The maximum absolute atomic E-state index is 13.9. The monoisotopic (exact) mass is 304 g/mol. The number of anilines is 1. The Morgan fingerprint density at radius 1 is 1.19 bits per heavy atom. The van der Waals surface area contributed by atoms with Gasteiger partial charge in [0.15, 0.2) is 0 Å². The minimum atomic E-state index is -0.453. The molecule has 0 bridgehead atoms. The molecule has 1 atom stereocenters. The van der Waals surface area contributed by atoms with Crippen LogP contribution in [0.3, 0.4) is 0 Å². The smallest absolute Gasteiger partial charge is 0.146 e. The Hall–Kier alpha value is -2.01. The SMILES string of the molecule is Cc1cc(F)c(NC(C)c2cnc3ccsc3c2)cc1F. The van der Waals surface area contributed by atoms with Crippen LogP contribution in [0.5, 0.6) is 0 Å². The van der Waals surface area contributed by atoms with E-state index in [2.05, 4.69) is 10.3 Å². The van der Waals surface area contributed by atoms with E-state index in [-0.39, 0.29) is 11.7 Å². The van der Waals surface area contributed by atoms with Crippen molar-refractivity contribution in [2.75, 3.05) is 5.32 Å². The molecule has 0 amide bonds. The second-order valence-corrected chi connectivity index (χ2v) is 5.97. The summed E-state index contributed by atoms with van der Waals surface area (Å²) in [6, 6.07) is 6.20.